The molecule has 0 aliphatic rings. The van der Waals surface area contributed by atoms with E-state index in [1.807, 2.05) is 30.3 Å². The summed E-state index contributed by atoms with van der Waals surface area (Å²) in [5.74, 6) is -0.167. The molecular weight excluding hydrogens is 262 g/mol. The minimum Gasteiger partial charge on any atom is -0.469 e. The molecule has 2 aromatic carbocycles. The van der Waals surface area contributed by atoms with Gasteiger partial charge in [-0.15, -0.1) is 0 Å². The minimum atomic E-state index is -0.167. The molecule has 0 radical (unpaired) electrons. The van der Waals surface area contributed by atoms with Gasteiger partial charge < -0.3 is 4.74 Å². The number of nitriles is 1. The molecular formula is C18H17NO2. The topological polar surface area (TPSA) is 50.1 Å². The number of esters is 1. The lowest BCUT2D eigenvalue weighted by Crippen LogP contribution is -2.00. The van der Waals surface area contributed by atoms with Crippen LogP contribution in [0.4, 0.5) is 0 Å². The summed E-state index contributed by atoms with van der Waals surface area (Å²) < 4.78 is 4.62. The fourth-order valence-electron chi connectivity index (χ4n) is 2.17. The number of hydrogen-bond donors (Lipinski definition) is 0. The average molecular weight is 279 g/mol. The molecule has 0 N–H and O–H groups in total. The molecule has 0 saturated heterocycles. The van der Waals surface area contributed by atoms with Crippen molar-refractivity contribution >= 4 is 5.97 Å². The van der Waals surface area contributed by atoms with Crippen molar-refractivity contribution in [2.24, 2.45) is 0 Å². The molecule has 106 valence electrons. The Kier molecular flexibility index (Phi) is 5.11. The van der Waals surface area contributed by atoms with E-state index in [9.17, 15) is 4.79 Å². The largest absolute Gasteiger partial charge is 0.469 e. The maximum absolute atomic E-state index is 11.1. The molecule has 2 rings (SSSR count). The number of carbonyl (C=O) groups is 1. The lowest BCUT2D eigenvalue weighted by molar-refractivity contribution is -0.140. The van der Waals surface area contributed by atoms with Crippen LogP contribution in [-0.4, -0.2) is 13.1 Å². The molecule has 0 heterocycles. The number of aryl methyl sites for hydroxylation is 1. The van der Waals surface area contributed by atoms with Crippen LogP contribution in [-0.2, 0) is 16.0 Å². The third-order valence-electron chi connectivity index (χ3n) is 3.35. The summed E-state index contributed by atoms with van der Waals surface area (Å²) in [7, 11) is 1.41. The smallest absolute Gasteiger partial charge is 0.305 e. The highest BCUT2D eigenvalue weighted by Gasteiger charge is 2.02. The van der Waals surface area contributed by atoms with Crippen molar-refractivity contribution in [3.63, 3.8) is 0 Å². The second kappa shape index (κ2) is 7.25. The van der Waals surface area contributed by atoms with Gasteiger partial charge in [-0.05, 0) is 41.7 Å². The van der Waals surface area contributed by atoms with Crippen LogP contribution in [0.15, 0.2) is 48.5 Å². The summed E-state index contributed by atoms with van der Waals surface area (Å²) in [6.45, 7) is 0. The number of carbonyl (C=O) groups excluding carboxylic acids is 1. The molecule has 0 aromatic heterocycles. The Morgan fingerprint density at radius 3 is 2.57 bits per heavy atom. The molecule has 0 unspecified atom stereocenters. The Morgan fingerprint density at radius 2 is 1.90 bits per heavy atom. The second-order valence-electron chi connectivity index (χ2n) is 4.82. The summed E-state index contributed by atoms with van der Waals surface area (Å²) in [6, 6.07) is 17.9. The Balaban J connectivity index is 2.01. The Morgan fingerprint density at radius 1 is 1.14 bits per heavy atom. The Bertz CT molecular complexity index is 654. The molecule has 0 fully saturated rings. The maximum atomic E-state index is 11.1. The summed E-state index contributed by atoms with van der Waals surface area (Å²) in [6.07, 6.45) is 2.09. The van der Waals surface area contributed by atoms with Gasteiger partial charge in [0.25, 0.3) is 0 Å². The minimum absolute atomic E-state index is 0.167. The quantitative estimate of drug-likeness (QED) is 0.784. The van der Waals surface area contributed by atoms with Gasteiger partial charge in [0.2, 0.25) is 0 Å². The van der Waals surface area contributed by atoms with E-state index in [-0.39, 0.29) is 5.97 Å². The first kappa shape index (κ1) is 14.8. The van der Waals surface area contributed by atoms with Crippen molar-refractivity contribution in [3.05, 3.63) is 59.7 Å². The van der Waals surface area contributed by atoms with Gasteiger partial charge in [0.05, 0.1) is 18.7 Å². The molecule has 0 bridgehead atoms. The second-order valence-corrected chi connectivity index (χ2v) is 4.82. The van der Waals surface area contributed by atoms with Crippen molar-refractivity contribution in [2.45, 2.75) is 19.3 Å². The van der Waals surface area contributed by atoms with Crippen molar-refractivity contribution in [2.75, 3.05) is 7.11 Å². The van der Waals surface area contributed by atoms with Gasteiger partial charge in [-0.2, -0.15) is 5.26 Å². The lowest BCUT2D eigenvalue weighted by Gasteiger charge is -2.05. The number of hydrogen-bond acceptors (Lipinski definition) is 3. The van der Waals surface area contributed by atoms with Crippen LogP contribution in [0.3, 0.4) is 0 Å². The first-order valence-corrected chi connectivity index (χ1v) is 6.89. The summed E-state index contributed by atoms with van der Waals surface area (Å²) in [4.78, 5) is 11.1. The molecule has 0 aliphatic carbocycles. The van der Waals surface area contributed by atoms with Gasteiger partial charge in [0.1, 0.15) is 0 Å². The van der Waals surface area contributed by atoms with Gasteiger partial charge >= 0.3 is 5.97 Å². The molecule has 3 nitrogen and oxygen atoms in total. The molecule has 3 heteroatoms. The molecule has 21 heavy (non-hydrogen) atoms. The zero-order valence-corrected chi connectivity index (χ0v) is 12.0. The molecule has 0 spiro atoms. The fourth-order valence-corrected chi connectivity index (χ4v) is 2.17. The van der Waals surface area contributed by atoms with E-state index in [0.717, 1.165) is 24.0 Å². The highest BCUT2D eigenvalue weighted by atomic mass is 16.5. The molecule has 2 aromatic rings. The van der Waals surface area contributed by atoms with Crippen LogP contribution < -0.4 is 0 Å². The summed E-state index contributed by atoms with van der Waals surface area (Å²) in [5, 5.41) is 8.93. The third kappa shape index (κ3) is 4.19. The molecule has 0 aliphatic heterocycles. The van der Waals surface area contributed by atoms with Gasteiger partial charge in [-0.3, -0.25) is 4.79 Å². The van der Waals surface area contributed by atoms with Crippen molar-refractivity contribution in [3.8, 4) is 17.2 Å². The molecule has 0 atom stereocenters. The van der Waals surface area contributed by atoms with Crippen molar-refractivity contribution in [1.29, 1.82) is 5.26 Å². The summed E-state index contributed by atoms with van der Waals surface area (Å²) >= 11 is 0. The Hall–Kier alpha value is -2.60. The number of rotatable bonds is 5. The monoisotopic (exact) mass is 279 g/mol. The molecule has 0 saturated carbocycles. The standard InChI is InChI=1S/C18H17NO2/c1-21-18(20)7-3-4-14-8-10-16(11-9-14)17-6-2-5-15(12-17)13-19/h2,5-6,8-12H,3-4,7H2,1H3. The number of benzene rings is 2. The zero-order valence-electron chi connectivity index (χ0n) is 12.0. The van der Waals surface area contributed by atoms with E-state index >= 15 is 0 Å². The number of ether oxygens (including phenoxy) is 1. The van der Waals surface area contributed by atoms with Crippen LogP contribution >= 0.6 is 0 Å². The SMILES string of the molecule is COC(=O)CCCc1ccc(-c2cccc(C#N)c2)cc1. The molecule has 0 amide bonds. The third-order valence-corrected chi connectivity index (χ3v) is 3.35. The van der Waals surface area contributed by atoms with Gasteiger partial charge in [-0.1, -0.05) is 36.4 Å². The van der Waals surface area contributed by atoms with Gasteiger partial charge in [-0.25, -0.2) is 0 Å². The van der Waals surface area contributed by atoms with Crippen LogP contribution in [0.25, 0.3) is 11.1 Å². The van der Waals surface area contributed by atoms with E-state index in [2.05, 4.69) is 22.9 Å². The van der Waals surface area contributed by atoms with E-state index in [1.165, 1.54) is 12.7 Å². The predicted molar refractivity (Wildman–Crippen MR) is 81.5 cm³/mol. The van der Waals surface area contributed by atoms with Gasteiger partial charge in [0, 0.05) is 6.42 Å². The lowest BCUT2D eigenvalue weighted by atomic mass is 10.0. The van der Waals surface area contributed by atoms with E-state index in [0.29, 0.717) is 12.0 Å². The highest BCUT2D eigenvalue weighted by Crippen LogP contribution is 2.21. The summed E-state index contributed by atoms with van der Waals surface area (Å²) in [5.41, 5.74) is 3.98. The van der Waals surface area contributed by atoms with Crippen LogP contribution in [0.1, 0.15) is 24.0 Å². The van der Waals surface area contributed by atoms with Crippen molar-refractivity contribution in [1.82, 2.24) is 0 Å². The predicted octanol–water partition coefficient (Wildman–Crippen LogP) is 3.72. The number of nitrogens with zero attached hydrogens (tertiary/aromatic N) is 1. The van der Waals surface area contributed by atoms with Crippen LogP contribution in [0, 0.1) is 11.3 Å². The van der Waals surface area contributed by atoms with Crippen molar-refractivity contribution < 1.29 is 9.53 Å². The zero-order chi connectivity index (χ0) is 15.1. The van der Waals surface area contributed by atoms with Gasteiger partial charge in [0.15, 0.2) is 0 Å². The van der Waals surface area contributed by atoms with Crippen LogP contribution in [0.5, 0.6) is 0 Å². The van der Waals surface area contributed by atoms with Crippen LogP contribution in [0.2, 0.25) is 0 Å². The number of methoxy groups -OCH3 is 1. The normalized spacial score (nSPS) is 9.90. The van der Waals surface area contributed by atoms with E-state index in [1.54, 1.807) is 6.07 Å². The van der Waals surface area contributed by atoms with E-state index in [4.69, 9.17) is 5.26 Å². The van der Waals surface area contributed by atoms with E-state index < -0.39 is 0 Å². The average Bonchev–Trinajstić information content (AvgIpc) is 2.55. The maximum Gasteiger partial charge on any atom is 0.305 e. The Labute approximate surface area is 124 Å². The first-order chi connectivity index (χ1) is 10.2. The fraction of sp³-hybridized carbons (Fsp3) is 0.222. The first-order valence-electron chi connectivity index (χ1n) is 6.89. The highest BCUT2D eigenvalue weighted by molar-refractivity contribution is 5.69.